The van der Waals surface area contributed by atoms with E-state index in [-0.39, 0.29) is 0 Å². The highest BCUT2D eigenvalue weighted by atomic mass is 79.9. The van der Waals surface area contributed by atoms with E-state index in [0.29, 0.717) is 11.1 Å². The van der Waals surface area contributed by atoms with Crippen LogP contribution in [-0.2, 0) is 5.33 Å². The molecule has 0 saturated heterocycles. The van der Waals surface area contributed by atoms with Crippen molar-refractivity contribution < 1.29 is 5.11 Å². The van der Waals surface area contributed by atoms with Gasteiger partial charge in [-0.2, -0.15) is 0 Å². The van der Waals surface area contributed by atoms with E-state index < -0.39 is 0 Å². The Morgan fingerprint density at radius 2 is 2.31 bits per heavy atom. The maximum Gasteiger partial charge on any atom is 0.122 e. The Bertz CT molecular complexity index is 450. The second kappa shape index (κ2) is 3.52. The lowest BCUT2D eigenvalue weighted by molar-refractivity contribution is 0.470. The molecule has 0 bridgehead atoms. The number of hydrogen-bond acceptors (Lipinski definition) is 3. The average Bonchev–Trinajstić information content (AvgIpc) is 2.53. The molecule has 0 saturated carbocycles. The number of alkyl halides is 1. The van der Waals surface area contributed by atoms with Gasteiger partial charge < -0.3 is 5.11 Å². The molecule has 1 aromatic heterocycles. The fourth-order valence-corrected chi connectivity index (χ4v) is 3.39. The monoisotopic (exact) mass is 274 g/mol. The van der Waals surface area contributed by atoms with Crippen LogP contribution in [0.4, 0.5) is 0 Å². The van der Waals surface area contributed by atoms with Gasteiger partial charge in [0.1, 0.15) is 5.75 Å². The molecule has 2 rings (SSSR count). The summed E-state index contributed by atoms with van der Waals surface area (Å²) in [5.41, 5.74) is 0.947. The van der Waals surface area contributed by atoms with Gasteiger partial charge in [0.25, 0.3) is 0 Å². The number of phenolic OH excluding ortho intramolecular Hbond substituents is 1. The van der Waals surface area contributed by atoms with E-state index >= 15 is 0 Å². The van der Waals surface area contributed by atoms with E-state index in [1.807, 2.05) is 11.4 Å². The fourth-order valence-electron chi connectivity index (χ4n) is 1.28. The molecule has 0 atom stereocenters. The molecular formula is C9H7BrOS2. The molecule has 0 aliphatic heterocycles. The summed E-state index contributed by atoms with van der Waals surface area (Å²) in [5, 5.41) is 13.4. The Balaban J connectivity index is 2.88. The third-order valence-corrected chi connectivity index (χ3v) is 3.84. The number of thiol groups is 1. The van der Waals surface area contributed by atoms with Gasteiger partial charge in [0.05, 0.1) is 0 Å². The van der Waals surface area contributed by atoms with Crippen LogP contribution in [0.5, 0.6) is 5.75 Å². The minimum atomic E-state index is 0.317. The minimum Gasteiger partial charge on any atom is -0.508 e. The van der Waals surface area contributed by atoms with Crippen LogP contribution in [0, 0.1) is 0 Å². The summed E-state index contributed by atoms with van der Waals surface area (Å²) in [7, 11) is 0. The van der Waals surface area contributed by atoms with Crippen molar-refractivity contribution in [1.29, 1.82) is 0 Å². The molecule has 0 aliphatic rings. The van der Waals surface area contributed by atoms with Crippen molar-refractivity contribution >= 4 is 50.0 Å². The third-order valence-electron chi connectivity index (χ3n) is 1.93. The van der Waals surface area contributed by atoms with Crippen molar-refractivity contribution in [3.8, 4) is 5.75 Å². The molecule has 0 amide bonds. The van der Waals surface area contributed by atoms with Gasteiger partial charge in [0, 0.05) is 25.9 Å². The smallest absolute Gasteiger partial charge is 0.122 e. The number of rotatable bonds is 1. The van der Waals surface area contributed by atoms with E-state index in [9.17, 15) is 5.11 Å². The van der Waals surface area contributed by atoms with E-state index in [0.717, 1.165) is 20.5 Å². The summed E-state index contributed by atoms with van der Waals surface area (Å²) in [6, 6.07) is 3.71. The minimum absolute atomic E-state index is 0.317. The third kappa shape index (κ3) is 1.47. The zero-order valence-electron chi connectivity index (χ0n) is 6.62. The van der Waals surface area contributed by atoms with Crippen molar-refractivity contribution in [3.05, 3.63) is 23.1 Å². The lowest BCUT2D eigenvalue weighted by Gasteiger charge is -2.04. The molecule has 0 spiro atoms. The van der Waals surface area contributed by atoms with Crippen LogP contribution in [0.3, 0.4) is 0 Å². The maximum absolute atomic E-state index is 9.64. The molecule has 0 aliphatic carbocycles. The molecule has 68 valence electrons. The number of halogens is 1. The van der Waals surface area contributed by atoms with Crippen LogP contribution in [-0.4, -0.2) is 5.11 Å². The molecule has 2 aromatic rings. The van der Waals surface area contributed by atoms with Crippen LogP contribution in [0.2, 0.25) is 0 Å². The van der Waals surface area contributed by atoms with Crippen LogP contribution in [0.25, 0.3) is 10.1 Å². The lowest BCUT2D eigenvalue weighted by atomic mass is 10.1. The van der Waals surface area contributed by atoms with Gasteiger partial charge in [-0.05, 0) is 17.5 Å². The predicted molar refractivity (Wildman–Crippen MR) is 63.4 cm³/mol. The van der Waals surface area contributed by atoms with Crippen LogP contribution in [0.15, 0.2) is 22.4 Å². The first kappa shape index (κ1) is 9.37. The van der Waals surface area contributed by atoms with Gasteiger partial charge in [0.2, 0.25) is 0 Å². The Morgan fingerprint density at radius 3 is 3.00 bits per heavy atom. The fraction of sp³-hybridized carbons (Fsp3) is 0.111. The number of benzene rings is 1. The second-order valence-electron chi connectivity index (χ2n) is 2.69. The number of aromatic hydroxyl groups is 1. The number of phenols is 1. The zero-order chi connectivity index (χ0) is 9.42. The van der Waals surface area contributed by atoms with Gasteiger partial charge >= 0.3 is 0 Å². The highest BCUT2D eigenvalue weighted by molar-refractivity contribution is 9.08. The van der Waals surface area contributed by atoms with Gasteiger partial charge in [-0.15, -0.1) is 24.0 Å². The summed E-state index contributed by atoms with van der Waals surface area (Å²) in [6.07, 6.45) is 0. The first-order valence-electron chi connectivity index (χ1n) is 3.71. The van der Waals surface area contributed by atoms with Crippen molar-refractivity contribution in [2.24, 2.45) is 0 Å². The predicted octanol–water partition coefficient (Wildman–Crippen LogP) is 3.79. The molecule has 1 heterocycles. The van der Waals surface area contributed by atoms with Crippen molar-refractivity contribution in [3.63, 3.8) is 0 Å². The molecule has 1 aromatic carbocycles. The SMILES string of the molecule is Oc1cc(S)c2ccsc2c1CBr. The molecule has 0 unspecified atom stereocenters. The average molecular weight is 275 g/mol. The standard InChI is InChI=1S/C9H7BrOS2/c10-4-6-7(11)3-8(12)5-1-2-13-9(5)6/h1-3,11-12H,4H2. The lowest BCUT2D eigenvalue weighted by Crippen LogP contribution is -1.80. The van der Waals surface area contributed by atoms with Gasteiger partial charge in [-0.1, -0.05) is 15.9 Å². The molecule has 13 heavy (non-hydrogen) atoms. The molecule has 1 N–H and O–H groups in total. The summed E-state index contributed by atoms with van der Waals surface area (Å²) in [5.74, 6) is 0.317. The number of thiophene rings is 1. The second-order valence-corrected chi connectivity index (χ2v) is 4.65. The molecule has 1 nitrogen and oxygen atoms in total. The molecular weight excluding hydrogens is 268 g/mol. The van der Waals surface area contributed by atoms with E-state index in [4.69, 9.17) is 0 Å². The summed E-state index contributed by atoms with van der Waals surface area (Å²) < 4.78 is 1.11. The van der Waals surface area contributed by atoms with E-state index in [1.54, 1.807) is 17.4 Å². The highest BCUT2D eigenvalue weighted by Gasteiger charge is 2.09. The Kier molecular flexibility index (Phi) is 2.53. The Morgan fingerprint density at radius 1 is 1.54 bits per heavy atom. The normalized spacial score (nSPS) is 10.9. The first-order chi connectivity index (χ1) is 6.24. The van der Waals surface area contributed by atoms with Crippen molar-refractivity contribution in [2.75, 3.05) is 0 Å². The highest BCUT2D eigenvalue weighted by Crippen LogP contribution is 2.36. The topological polar surface area (TPSA) is 20.2 Å². The Labute approximate surface area is 93.9 Å². The van der Waals surface area contributed by atoms with Gasteiger partial charge in [0.15, 0.2) is 0 Å². The summed E-state index contributed by atoms with van der Waals surface area (Å²) >= 11 is 9.29. The first-order valence-corrected chi connectivity index (χ1v) is 6.16. The summed E-state index contributed by atoms with van der Waals surface area (Å²) in [6.45, 7) is 0. The summed E-state index contributed by atoms with van der Waals surface area (Å²) in [4.78, 5) is 0.832. The zero-order valence-corrected chi connectivity index (χ0v) is 9.92. The largest absolute Gasteiger partial charge is 0.508 e. The van der Waals surface area contributed by atoms with Gasteiger partial charge in [-0.3, -0.25) is 0 Å². The maximum atomic E-state index is 9.64. The van der Waals surface area contributed by atoms with Gasteiger partial charge in [-0.25, -0.2) is 0 Å². The van der Waals surface area contributed by atoms with Crippen LogP contribution >= 0.6 is 39.9 Å². The number of hydrogen-bond donors (Lipinski definition) is 2. The van der Waals surface area contributed by atoms with Crippen molar-refractivity contribution in [2.45, 2.75) is 10.2 Å². The van der Waals surface area contributed by atoms with E-state index in [1.165, 1.54) is 0 Å². The van der Waals surface area contributed by atoms with E-state index in [2.05, 4.69) is 28.6 Å². The molecule has 4 heteroatoms. The Hall–Kier alpha value is -0.190. The molecule has 0 fully saturated rings. The van der Waals surface area contributed by atoms with Crippen molar-refractivity contribution in [1.82, 2.24) is 0 Å². The van der Waals surface area contributed by atoms with Crippen LogP contribution in [0.1, 0.15) is 5.56 Å². The molecule has 0 radical (unpaired) electrons. The van der Waals surface area contributed by atoms with Crippen LogP contribution < -0.4 is 0 Å². The number of fused-ring (bicyclic) bond motifs is 1. The quantitative estimate of drug-likeness (QED) is 0.599.